The van der Waals surface area contributed by atoms with Gasteiger partial charge < -0.3 is 14.3 Å². The van der Waals surface area contributed by atoms with Crippen molar-refractivity contribution in [3.05, 3.63) is 74.6 Å². The number of hydrogen-bond acceptors (Lipinski definition) is 5. The molecule has 1 heterocycles. The van der Waals surface area contributed by atoms with E-state index in [1.54, 1.807) is 19.1 Å². The second-order valence-corrected chi connectivity index (χ2v) is 6.61. The van der Waals surface area contributed by atoms with Gasteiger partial charge in [0.15, 0.2) is 0 Å². The van der Waals surface area contributed by atoms with Crippen LogP contribution in [0.3, 0.4) is 0 Å². The normalized spacial score (nSPS) is 13.0. The molecule has 1 aliphatic rings. The van der Waals surface area contributed by atoms with Crippen LogP contribution in [0.5, 0.6) is 5.75 Å². The number of fused-ring (bicyclic) bond motifs is 2. The first kappa shape index (κ1) is 16.4. The zero-order valence-corrected chi connectivity index (χ0v) is 14.4. The Morgan fingerprint density at radius 3 is 2.77 bits per heavy atom. The largest absolute Gasteiger partial charge is 0.507 e. The maximum Gasteiger partial charge on any atom is 0.342 e. The molecule has 2 aromatic carbocycles. The van der Waals surface area contributed by atoms with Crippen LogP contribution in [-0.2, 0) is 24.2 Å². The fraction of sp³-hybridized carbons (Fsp3) is 0.238. The van der Waals surface area contributed by atoms with Gasteiger partial charge in [-0.2, -0.15) is 0 Å². The SMILES string of the molecule is Cc1cccc(C(=O)OCc2cc(=O)oc3cc4c(cc23)CCC4)c1O. The summed E-state index contributed by atoms with van der Waals surface area (Å²) in [5, 5.41) is 10.8. The summed E-state index contributed by atoms with van der Waals surface area (Å²) in [6.45, 7) is 1.65. The van der Waals surface area contributed by atoms with Gasteiger partial charge in [-0.25, -0.2) is 9.59 Å². The van der Waals surface area contributed by atoms with E-state index in [9.17, 15) is 14.7 Å². The molecule has 5 heteroatoms. The number of phenolic OH excluding ortho intramolecular Hbond substituents is 1. The van der Waals surface area contributed by atoms with Crippen LogP contribution in [0.2, 0.25) is 0 Å². The van der Waals surface area contributed by atoms with Crippen LogP contribution in [0, 0.1) is 6.92 Å². The summed E-state index contributed by atoms with van der Waals surface area (Å²) in [6, 6.07) is 10.2. The standard InChI is InChI=1S/C21H18O5/c1-12-4-2-7-16(20(12)23)21(24)25-11-15-10-19(22)26-18-9-14-6-3-5-13(14)8-17(15)18/h2,4,7-10,23H,3,5-6,11H2,1H3. The fourth-order valence-electron chi connectivity index (χ4n) is 3.46. The van der Waals surface area contributed by atoms with Crippen LogP contribution in [0.25, 0.3) is 11.0 Å². The number of ether oxygens (including phenoxy) is 1. The van der Waals surface area contributed by atoms with E-state index in [1.807, 2.05) is 12.1 Å². The average molecular weight is 350 g/mol. The number of benzene rings is 2. The van der Waals surface area contributed by atoms with Gasteiger partial charge in [0.25, 0.3) is 0 Å². The lowest BCUT2D eigenvalue weighted by atomic mass is 10.0. The molecule has 1 aromatic heterocycles. The molecule has 1 aliphatic carbocycles. The van der Waals surface area contributed by atoms with Crippen LogP contribution in [0.1, 0.15) is 39.0 Å². The predicted octanol–water partition coefficient (Wildman–Crippen LogP) is 3.65. The minimum atomic E-state index is -0.631. The van der Waals surface area contributed by atoms with Crippen molar-refractivity contribution in [3.8, 4) is 5.75 Å². The molecule has 26 heavy (non-hydrogen) atoms. The number of para-hydroxylation sites is 1. The van der Waals surface area contributed by atoms with E-state index >= 15 is 0 Å². The van der Waals surface area contributed by atoms with Gasteiger partial charge >= 0.3 is 11.6 Å². The molecule has 1 N–H and O–H groups in total. The summed E-state index contributed by atoms with van der Waals surface area (Å²) in [5.41, 5.74) is 3.81. The van der Waals surface area contributed by atoms with E-state index in [0.29, 0.717) is 16.7 Å². The summed E-state index contributed by atoms with van der Waals surface area (Å²) < 4.78 is 10.7. The Balaban J connectivity index is 1.66. The van der Waals surface area contributed by atoms with Gasteiger partial charge in [-0.15, -0.1) is 0 Å². The number of rotatable bonds is 3. The van der Waals surface area contributed by atoms with Crippen molar-refractivity contribution in [2.75, 3.05) is 0 Å². The third kappa shape index (κ3) is 2.86. The highest BCUT2D eigenvalue weighted by Crippen LogP contribution is 2.29. The third-order valence-corrected chi connectivity index (χ3v) is 4.86. The first-order valence-corrected chi connectivity index (χ1v) is 8.57. The number of carbonyl (C=O) groups excluding carboxylic acids is 1. The number of phenols is 1. The van der Waals surface area contributed by atoms with Crippen LogP contribution in [-0.4, -0.2) is 11.1 Å². The monoisotopic (exact) mass is 350 g/mol. The smallest absolute Gasteiger partial charge is 0.342 e. The zero-order valence-electron chi connectivity index (χ0n) is 14.4. The van der Waals surface area contributed by atoms with Crippen LogP contribution in [0.4, 0.5) is 0 Å². The van der Waals surface area contributed by atoms with E-state index in [4.69, 9.17) is 9.15 Å². The minimum absolute atomic E-state index is 0.0624. The third-order valence-electron chi connectivity index (χ3n) is 4.86. The number of hydrogen-bond donors (Lipinski definition) is 1. The molecular weight excluding hydrogens is 332 g/mol. The molecule has 0 atom stereocenters. The number of aryl methyl sites for hydroxylation is 3. The van der Waals surface area contributed by atoms with Crippen LogP contribution in [0.15, 0.2) is 45.6 Å². The van der Waals surface area contributed by atoms with Gasteiger partial charge in [0.1, 0.15) is 23.5 Å². The molecule has 0 spiro atoms. The molecule has 132 valence electrons. The van der Waals surface area contributed by atoms with Crippen LogP contribution >= 0.6 is 0 Å². The van der Waals surface area contributed by atoms with Gasteiger partial charge in [-0.3, -0.25) is 0 Å². The van der Waals surface area contributed by atoms with E-state index in [-0.39, 0.29) is 17.9 Å². The van der Waals surface area contributed by atoms with Crippen molar-refractivity contribution in [1.82, 2.24) is 0 Å². The van der Waals surface area contributed by atoms with Crippen molar-refractivity contribution < 1.29 is 19.1 Å². The molecule has 0 bridgehead atoms. The quantitative estimate of drug-likeness (QED) is 0.576. The summed E-state index contributed by atoms with van der Waals surface area (Å²) in [5.74, 6) is -0.721. The second kappa shape index (κ2) is 6.33. The highest BCUT2D eigenvalue weighted by atomic mass is 16.5. The Bertz CT molecular complexity index is 1080. The van der Waals surface area contributed by atoms with Gasteiger partial charge in [0.2, 0.25) is 0 Å². The topological polar surface area (TPSA) is 76.7 Å². The van der Waals surface area contributed by atoms with Crippen molar-refractivity contribution in [2.24, 2.45) is 0 Å². The highest BCUT2D eigenvalue weighted by molar-refractivity contribution is 5.93. The number of carbonyl (C=O) groups is 1. The molecule has 0 fully saturated rings. The molecule has 0 saturated carbocycles. The molecule has 0 radical (unpaired) electrons. The maximum atomic E-state index is 12.3. The summed E-state index contributed by atoms with van der Waals surface area (Å²) in [6.07, 6.45) is 3.08. The van der Waals surface area contributed by atoms with E-state index in [1.165, 1.54) is 23.3 Å². The van der Waals surface area contributed by atoms with Crippen molar-refractivity contribution >= 4 is 16.9 Å². The van der Waals surface area contributed by atoms with E-state index < -0.39 is 11.6 Å². The summed E-state index contributed by atoms with van der Waals surface area (Å²) in [4.78, 5) is 24.2. The Morgan fingerprint density at radius 1 is 1.19 bits per heavy atom. The Morgan fingerprint density at radius 2 is 1.96 bits per heavy atom. The number of esters is 1. The lowest BCUT2D eigenvalue weighted by Gasteiger charge is -2.10. The molecule has 4 rings (SSSR count). The van der Waals surface area contributed by atoms with Gasteiger partial charge in [0.05, 0.1) is 0 Å². The lowest BCUT2D eigenvalue weighted by molar-refractivity contribution is 0.0470. The Kier molecular flexibility index (Phi) is 3.99. The lowest BCUT2D eigenvalue weighted by Crippen LogP contribution is -2.08. The van der Waals surface area contributed by atoms with E-state index in [0.717, 1.165) is 24.6 Å². The summed E-state index contributed by atoms with van der Waals surface area (Å²) >= 11 is 0. The molecule has 0 aliphatic heterocycles. The zero-order chi connectivity index (χ0) is 18.3. The van der Waals surface area contributed by atoms with Crippen molar-refractivity contribution in [1.29, 1.82) is 0 Å². The number of aromatic hydroxyl groups is 1. The molecule has 3 aromatic rings. The Labute approximate surface area is 149 Å². The Hall–Kier alpha value is -3.08. The van der Waals surface area contributed by atoms with E-state index in [2.05, 4.69) is 0 Å². The average Bonchev–Trinajstić information content (AvgIpc) is 3.07. The molecule has 0 amide bonds. The first-order chi connectivity index (χ1) is 12.5. The minimum Gasteiger partial charge on any atom is -0.507 e. The van der Waals surface area contributed by atoms with Gasteiger partial charge in [-0.05, 0) is 61.1 Å². The predicted molar refractivity (Wildman–Crippen MR) is 96.5 cm³/mol. The summed E-state index contributed by atoms with van der Waals surface area (Å²) in [7, 11) is 0. The first-order valence-electron chi connectivity index (χ1n) is 8.57. The molecular formula is C21H18O5. The molecule has 5 nitrogen and oxygen atoms in total. The van der Waals surface area contributed by atoms with Crippen molar-refractivity contribution in [2.45, 2.75) is 32.8 Å². The van der Waals surface area contributed by atoms with Crippen molar-refractivity contribution in [3.63, 3.8) is 0 Å². The van der Waals surface area contributed by atoms with Crippen LogP contribution < -0.4 is 5.63 Å². The van der Waals surface area contributed by atoms with Gasteiger partial charge in [-0.1, -0.05) is 12.1 Å². The highest BCUT2D eigenvalue weighted by Gasteiger charge is 2.18. The fourth-order valence-corrected chi connectivity index (χ4v) is 3.46. The molecule has 0 unspecified atom stereocenters. The second-order valence-electron chi connectivity index (χ2n) is 6.61. The molecule has 0 saturated heterocycles. The maximum absolute atomic E-state index is 12.3. The van der Waals surface area contributed by atoms with Gasteiger partial charge in [0, 0.05) is 17.0 Å².